The molecule has 3 aromatic carbocycles. The van der Waals surface area contributed by atoms with Gasteiger partial charge in [-0.25, -0.2) is 4.79 Å². The summed E-state index contributed by atoms with van der Waals surface area (Å²) in [6.45, 7) is 0. The molecule has 1 amide bonds. The van der Waals surface area contributed by atoms with Gasteiger partial charge in [0.25, 0.3) is 0 Å². The summed E-state index contributed by atoms with van der Waals surface area (Å²) in [6, 6.07) is 19.4. The van der Waals surface area contributed by atoms with Crippen LogP contribution in [0.5, 0.6) is 17.2 Å². The zero-order chi connectivity index (χ0) is 19.9. The second-order valence-corrected chi connectivity index (χ2v) is 5.84. The van der Waals surface area contributed by atoms with Crippen LogP contribution in [0.1, 0.15) is 15.9 Å². The van der Waals surface area contributed by atoms with Crippen LogP contribution in [0.25, 0.3) is 6.08 Å². The molecule has 0 saturated carbocycles. The highest BCUT2D eigenvalue weighted by atomic mass is 16.5. The Kier molecular flexibility index (Phi) is 5.72. The Morgan fingerprint density at radius 2 is 1.57 bits per heavy atom. The minimum atomic E-state index is -1.01. The maximum Gasteiger partial charge on any atom is 0.335 e. The first kappa shape index (κ1) is 18.7. The summed E-state index contributed by atoms with van der Waals surface area (Å²) >= 11 is 0. The molecule has 0 aliphatic carbocycles. The lowest BCUT2D eigenvalue weighted by molar-refractivity contribution is -0.111. The quantitative estimate of drug-likeness (QED) is 0.550. The minimum Gasteiger partial charge on any atom is -0.508 e. The predicted molar refractivity (Wildman–Crippen MR) is 106 cm³/mol. The summed E-state index contributed by atoms with van der Waals surface area (Å²) in [5.74, 6) is -0.322. The molecule has 6 heteroatoms. The van der Waals surface area contributed by atoms with Crippen LogP contribution >= 0.6 is 0 Å². The lowest BCUT2D eigenvalue weighted by atomic mass is 10.2. The highest BCUT2D eigenvalue weighted by Gasteiger charge is 2.08. The normalized spacial score (nSPS) is 10.6. The topological polar surface area (TPSA) is 95.9 Å². The predicted octanol–water partition coefficient (Wildman–Crippen LogP) is 4.53. The van der Waals surface area contributed by atoms with Crippen LogP contribution in [0.15, 0.2) is 78.9 Å². The Labute approximate surface area is 161 Å². The van der Waals surface area contributed by atoms with Crippen LogP contribution in [-0.4, -0.2) is 22.1 Å². The molecule has 3 aromatic rings. The first-order valence-electron chi connectivity index (χ1n) is 8.39. The fourth-order valence-electron chi connectivity index (χ4n) is 2.38. The fraction of sp³-hybridized carbons (Fsp3) is 0. The Bertz CT molecular complexity index is 1010. The standard InChI is InChI=1S/C22H17NO5/c24-17-10-5-15(6-11-17)7-14-21(25)23-19-3-1-2-4-20(19)28-18-12-8-16(9-13-18)22(26)27/h1-14,24H,(H,23,25)(H,26,27)/b14-7+. The van der Waals surface area contributed by atoms with Crippen LogP contribution in [0.2, 0.25) is 0 Å². The van der Waals surface area contributed by atoms with Crippen LogP contribution in [0.4, 0.5) is 5.69 Å². The van der Waals surface area contributed by atoms with Gasteiger partial charge in [0.15, 0.2) is 5.75 Å². The van der Waals surface area contributed by atoms with Crippen molar-refractivity contribution in [3.8, 4) is 17.2 Å². The molecule has 28 heavy (non-hydrogen) atoms. The third kappa shape index (κ3) is 4.98. The third-order valence-corrected chi connectivity index (χ3v) is 3.79. The van der Waals surface area contributed by atoms with Gasteiger partial charge in [0, 0.05) is 6.08 Å². The van der Waals surface area contributed by atoms with Crippen molar-refractivity contribution in [2.75, 3.05) is 5.32 Å². The van der Waals surface area contributed by atoms with Crippen LogP contribution in [0.3, 0.4) is 0 Å². The average Bonchev–Trinajstić information content (AvgIpc) is 2.69. The summed E-state index contributed by atoms with van der Waals surface area (Å²) < 4.78 is 5.76. The molecule has 0 aliphatic rings. The molecule has 0 aliphatic heterocycles. The molecule has 140 valence electrons. The second-order valence-electron chi connectivity index (χ2n) is 5.84. The number of phenolic OH excluding ortho intramolecular Hbond substituents is 1. The molecule has 0 unspecified atom stereocenters. The Morgan fingerprint density at radius 3 is 2.25 bits per heavy atom. The van der Waals surface area contributed by atoms with Crippen molar-refractivity contribution in [3.05, 3.63) is 90.0 Å². The fourth-order valence-corrected chi connectivity index (χ4v) is 2.38. The van der Waals surface area contributed by atoms with E-state index in [2.05, 4.69) is 5.32 Å². The number of carboxylic acids is 1. The van der Waals surface area contributed by atoms with Gasteiger partial charge in [-0.1, -0.05) is 24.3 Å². The van der Waals surface area contributed by atoms with E-state index in [0.29, 0.717) is 17.2 Å². The largest absolute Gasteiger partial charge is 0.508 e. The Morgan fingerprint density at radius 1 is 0.893 bits per heavy atom. The molecule has 3 rings (SSSR count). The monoisotopic (exact) mass is 375 g/mol. The van der Waals surface area contributed by atoms with Gasteiger partial charge in [-0.15, -0.1) is 0 Å². The number of carboxylic acid groups (broad SMARTS) is 1. The lowest BCUT2D eigenvalue weighted by Crippen LogP contribution is -2.08. The van der Waals surface area contributed by atoms with E-state index < -0.39 is 5.97 Å². The van der Waals surface area contributed by atoms with Gasteiger partial charge in [-0.05, 0) is 60.2 Å². The molecule has 0 spiro atoms. The Hall–Kier alpha value is -4.06. The zero-order valence-corrected chi connectivity index (χ0v) is 14.7. The van der Waals surface area contributed by atoms with E-state index >= 15 is 0 Å². The number of aromatic hydroxyl groups is 1. The second kappa shape index (κ2) is 8.55. The SMILES string of the molecule is O=C(/C=C/c1ccc(O)cc1)Nc1ccccc1Oc1ccc(C(=O)O)cc1. The van der Waals surface area contributed by atoms with Gasteiger partial charge in [0.05, 0.1) is 11.3 Å². The maximum atomic E-state index is 12.2. The van der Waals surface area contributed by atoms with Crippen molar-refractivity contribution in [2.24, 2.45) is 0 Å². The van der Waals surface area contributed by atoms with Gasteiger partial charge in [-0.3, -0.25) is 4.79 Å². The summed E-state index contributed by atoms with van der Waals surface area (Å²) in [6.07, 6.45) is 3.01. The molecule has 3 N–H and O–H groups in total. The smallest absolute Gasteiger partial charge is 0.335 e. The molecular weight excluding hydrogens is 358 g/mol. The first-order valence-corrected chi connectivity index (χ1v) is 8.39. The number of aromatic carboxylic acids is 1. The minimum absolute atomic E-state index is 0.157. The van der Waals surface area contributed by atoms with Crippen molar-refractivity contribution in [3.63, 3.8) is 0 Å². The van der Waals surface area contributed by atoms with E-state index in [0.717, 1.165) is 5.56 Å². The zero-order valence-electron chi connectivity index (χ0n) is 14.7. The van der Waals surface area contributed by atoms with Gasteiger partial charge in [0.1, 0.15) is 11.5 Å². The third-order valence-electron chi connectivity index (χ3n) is 3.79. The van der Waals surface area contributed by atoms with E-state index in [1.807, 2.05) is 0 Å². The number of carbonyl (C=O) groups excluding carboxylic acids is 1. The number of anilines is 1. The number of hydrogen-bond donors (Lipinski definition) is 3. The van der Waals surface area contributed by atoms with E-state index in [-0.39, 0.29) is 17.2 Å². The van der Waals surface area contributed by atoms with Crippen LogP contribution in [-0.2, 0) is 4.79 Å². The lowest BCUT2D eigenvalue weighted by Gasteiger charge is -2.11. The number of rotatable bonds is 6. The van der Waals surface area contributed by atoms with Crippen molar-refractivity contribution < 1.29 is 24.5 Å². The molecule has 0 aromatic heterocycles. The Balaban J connectivity index is 1.70. The van der Waals surface area contributed by atoms with E-state index in [1.54, 1.807) is 54.6 Å². The molecule has 0 fully saturated rings. The van der Waals surface area contributed by atoms with Gasteiger partial charge in [0.2, 0.25) is 5.91 Å². The molecule has 6 nitrogen and oxygen atoms in total. The molecule has 0 saturated heterocycles. The van der Waals surface area contributed by atoms with Crippen molar-refractivity contribution in [1.29, 1.82) is 0 Å². The van der Waals surface area contributed by atoms with Crippen LogP contribution in [0, 0.1) is 0 Å². The van der Waals surface area contributed by atoms with Gasteiger partial charge >= 0.3 is 5.97 Å². The maximum absolute atomic E-state index is 12.2. The molecule has 0 radical (unpaired) electrons. The number of benzene rings is 3. The van der Waals surface area contributed by atoms with Gasteiger partial charge < -0.3 is 20.3 Å². The van der Waals surface area contributed by atoms with Crippen LogP contribution < -0.4 is 10.1 Å². The van der Waals surface area contributed by atoms with Crippen molar-refractivity contribution in [2.45, 2.75) is 0 Å². The summed E-state index contributed by atoms with van der Waals surface area (Å²) in [5.41, 5.74) is 1.41. The molecule has 0 atom stereocenters. The summed E-state index contributed by atoms with van der Waals surface area (Å²) in [4.78, 5) is 23.1. The van der Waals surface area contributed by atoms with E-state index in [9.17, 15) is 14.7 Å². The highest BCUT2D eigenvalue weighted by Crippen LogP contribution is 2.29. The number of amides is 1. The molecule has 0 bridgehead atoms. The number of carbonyl (C=O) groups is 2. The molecular formula is C22H17NO5. The first-order chi connectivity index (χ1) is 13.5. The van der Waals surface area contributed by atoms with Gasteiger partial charge in [-0.2, -0.15) is 0 Å². The average molecular weight is 375 g/mol. The number of phenols is 1. The summed E-state index contributed by atoms with van der Waals surface area (Å²) in [7, 11) is 0. The number of para-hydroxylation sites is 2. The molecule has 0 heterocycles. The van der Waals surface area contributed by atoms with Crippen molar-refractivity contribution in [1.82, 2.24) is 0 Å². The van der Waals surface area contributed by atoms with E-state index in [4.69, 9.17) is 9.84 Å². The highest BCUT2D eigenvalue weighted by molar-refractivity contribution is 6.02. The summed E-state index contributed by atoms with van der Waals surface area (Å²) in [5, 5.41) is 21.0. The number of hydrogen-bond acceptors (Lipinski definition) is 4. The van der Waals surface area contributed by atoms with Crippen molar-refractivity contribution >= 4 is 23.6 Å². The van der Waals surface area contributed by atoms with E-state index in [1.165, 1.54) is 30.3 Å². The number of ether oxygens (including phenoxy) is 1. The number of nitrogens with one attached hydrogen (secondary N) is 1.